The monoisotopic (exact) mass is 380 g/mol. The predicted octanol–water partition coefficient (Wildman–Crippen LogP) is 3.41. The maximum atomic E-state index is 12.9. The van der Waals surface area contributed by atoms with Crippen molar-refractivity contribution in [2.24, 2.45) is 11.8 Å². The van der Waals surface area contributed by atoms with Crippen molar-refractivity contribution in [1.82, 2.24) is 0 Å². The first-order chi connectivity index (χ1) is 13.4. The molecular weight excluding hydrogens is 356 g/mol. The van der Waals surface area contributed by atoms with Crippen molar-refractivity contribution in [3.05, 3.63) is 59.7 Å². The van der Waals surface area contributed by atoms with Crippen molar-refractivity contribution in [1.29, 1.82) is 0 Å². The number of nitrogens with zero attached hydrogens (tertiary/aromatic N) is 1. The average Bonchev–Trinajstić information content (AvgIpc) is 3.49. The summed E-state index contributed by atoms with van der Waals surface area (Å²) >= 11 is 0. The second-order valence-corrected chi connectivity index (χ2v) is 6.93. The minimum Gasteiger partial charge on any atom is -0.465 e. The number of hydrogen-bond donors (Lipinski definition) is 1. The minimum absolute atomic E-state index is 0.0310. The zero-order chi connectivity index (χ0) is 20.3. The van der Waals surface area contributed by atoms with E-state index in [-0.39, 0.29) is 23.7 Å². The number of methoxy groups -OCH3 is 1. The summed E-state index contributed by atoms with van der Waals surface area (Å²) in [6.45, 7) is 4.46. The van der Waals surface area contributed by atoms with Gasteiger partial charge in [-0.2, -0.15) is 0 Å². The molecule has 0 aliphatic heterocycles. The average molecular weight is 380 g/mol. The molecule has 1 N–H and O–H groups in total. The number of nitrogens with one attached hydrogen (secondary N) is 1. The molecule has 0 bridgehead atoms. The van der Waals surface area contributed by atoms with Crippen molar-refractivity contribution < 1.29 is 19.1 Å². The SMILES string of the molecule is CCN(C(=O)C1CC1C(=O)Nc1cccc(C(=O)OC)c1)c1cccc(C)c1. The minimum atomic E-state index is -0.465. The summed E-state index contributed by atoms with van der Waals surface area (Å²) in [5.41, 5.74) is 2.81. The number of hydrogen-bond acceptors (Lipinski definition) is 4. The van der Waals surface area contributed by atoms with Crippen LogP contribution in [0.1, 0.15) is 29.3 Å². The van der Waals surface area contributed by atoms with Crippen LogP contribution in [-0.4, -0.2) is 31.4 Å². The number of aryl methyl sites for hydroxylation is 1. The van der Waals surface area contributed by atoms with E-state index >= 15 is 0 Å². The van der Waals surface area contributed by atoms with E-state index in [0.29, 0.717) is 24.2 Å². The molecule has 0 radical (unpaired) electrons. The fraction of sp³-hybridized carbons (Fsp3) is 0.318. The molecule has 146 valence electrons. The molecule has 2 aromatic carbocycles. The van der Waals surface area contributed by atoms with Crippen molar-refractivity contribution in [2.75, 3.05) is 23.9 Å². The van der Waals surface area contributed by atoms with E-state index in [4.69, 9.17) is 4.74 Å². The quantitative estimate of drug-likeness (QED) is 0.779. The molecule has 6 nitrogen and oxygen atoms in total. The number of ether oxygens (including phenoxy) is 1. The molecule has 0 saturated heterocycles. The Balaban J connectivity index is 1.65. The van der Waals surface area contributed by atoms with Gasteiger partial charge in [-0.3, -0.25) is 9.59 Å². The predicted molar refractivity (Wildman–Crippen MR) is 107 cm³/mol. The van der Waals surface area contributed by atoms with Gasteiger partial charge >= 0.3 is 5.97 Å². The van der Waals surface area contributed by atoms with Gasteiger partial charge in [-0.1, -0.05) is 18.2 Å². The molecule has 2 atom stereocenters. The molecule has 2 amide bonds. The highest BCUT2D eigenvalue weighted by Gasteiger charge is 2.49. The lowest BCUT2D eigenvalue weighted by Crippen LogP contribution is -2.33. The van der Waals surface area contributed by atoms with Crippen molar-refractivity contribution in [3.63, 3.8) is 0 Å². The Hall–Kier alpha value is -3.15. The second kappa shape index (κ2) is 8.25. The Kier molecular flexibility index (Phi) is 5.78. The molecule has 1 aliphatic rings. The summed E-state index contributed by atoms with van der Waals surface area (Å²) in [5.74, 6) is -1.37. The Bertz CT molecular complexity index is 909. The van der Waals surface area contributed by atoms with Crippen molar-refractivity contribution in [3.8, 4) is 0 Å². The van der Waals surface area contributed by atoms with E-state index in [1.54, 1.807) is 29.2 Å². The van der Waals surface area contributed by atoms with E-state index < -0.39 is 5.97 Å². The van der Waals surface area contributed by atoms with Gasteiger partial charge in [-0.15, -0.1) is 0 Å². The standard InChI is InChI=1S/C22H24N2O4/c1-4-24(17-10-5-7-14(2)11-17)21(26)19-13-18(19)20(25)23-16-9-6-8-15(12-16)22(27)28-3/h5-12,18-19H,4,13H2,1-3H3,(H,23,25). The van der Waals surface area contributed by atoms with Gasteiger partial charge in [0.1, 0.15) is 0 Å². The van der Waals surface area contributed by atoms with Crippen molar-refractivity contribution in [2.45, 2.75) is 20.3 Å². The Labute approximate surface area is 164 Å². The van der Waals surface area contributed by atoms with Gasteiger partial charge in [-0.05, 0) is 56.2 Å². The first-order valence-corrected chi connectivity index (χ1v) is 9.32. The third kappa shape index (κ3) is 4.22. The third-order valence-corrected chi connectivity index (χ3v) is 4.89. The third-order valence-electron chi connectivity index (χ3n) is 4.89. The number of esters is 1. The van der Waals surface area contributed by atoms with Crippen LogP contribution in [0.3, 0.4) is 0 Å². The zero-order valence-corrected chi connectivity index (χ0v) is 16.3. The summed E-state index contributed by atoms with van der Waals surface area (Å²) in [5, 5.41) is 2.80. The van der Waals surface area contributed by atoms with Gasteiger partial charge in [0.25, 0.3) is 0 Å². The number of amides is 2. The largest absolute Gasteiger partial charge is 0.465 e. The van der Waals surface area contributed by atoms with Gasteiger partial charge in [0.15, 0.2) is 0 Å². The fourth-order valence-electron chi connectivity index (χ4n) is 3.30. The van der Waals surface area contributed by atoms with Crippen LogP contribution in [0.5, 0.6) is 0 Å². The molecule has 28 heavy (non-hydrogen) atoms. The van der Waals surface area contributed by atoms with Gasteiger partial charge in [-0.25, -0.2) is 4.79 Å². The molecule has 2 unspecified atom stereocenters. The van der Waals surface area contributed by atoms with Crippen LogP contribution in [0.4, 0.5) is 11.4 Å². The van der Waals surface area contributed by atoms with E-state index in [1.165, 1.54) is 7.11 Å². The van der Waals surface area contributed by atoms with Crippen LogP contribution in [0, 0.1) is 18.8 Å². The van der Waals surface area contributed by atoms with Gasteiger partial charge in [0, 0.05) is 17.9 Å². The molecular formula is C22H24N2O4. The van der Waals surface area contributed by atoms with Gasteiger partial charge in [0.2, 0.25) is 11.8 Å². The first-order valence-electron chi connectivity index (χ1n) is 9.32. The highest BCUT2D eigenvalue weighted by atomic mass is 16.5. The van der Waals surface area contributed by atoms with Crippen LogP contribution in [0.2, 0.25) is 0 Å². The lowest BCUT2D eigenvalue weighted by Gasteiger charge is -2.21. The second-order valence-electron chi connectivity index (χ2n) is 6.93. The van der Waals surface area contributed by atoms with E-state index in [9.17, 15) is 14.4 Å². The summed E-state index contributed by atoms with van der Waals surface area (Å²) < 4.78 is 4.69. The maximum absolute atomic E-state index is 12.9. The van der Waals surface area contributed by atoms with Crippen LogP contribution in [0.15, 0.2) is 48.5 Å². The zero-order valence-electron chi connectivity index (χ0n) is 16.3. The van der Waals surface area contributed by atoms with Crippen LogP contribution in [0.25, 0.3) is 0 Å². The van der Waals surface area contributed by atoms with Gasteiger partial charge < -0.3 is 15.0 Å². The number of benzene rings is 2. The molecule has 1 aliphatic carbocycles. The molecule has 0 heterocycles. The van der Waals surface area contributed by atoms with Crippen LogP contribution < -0.4 is 10.2 Å². The van der Waals surface area contributed by atoms with E-state index in [0.717, 1.165) is 11.3 Å². The Morgan fingerprint density at radius 3 is 2.54 bits per heavy atom. The molecule has 1 saturated carbocycles. The lowest BCUT2D eigenvalue weighted by atomic mass is 10.1. The van der Waals surface area contributed by atoms with Gasteiger partial charge in [0.05, 0.1) is 24.5 Å². The Morgan fingerprint density at radius 1 is 1.11 bits per heavy atom. The number of rotatable bonds is 6. The lowest BCUT2D eigenvalue weighted by molar-refractivity contribution is -0.123. The summed E-state index contributed by atoms with van der Waals surface area (Å²) in [4.78, 5) is 38.8. The Morgan fingerprint density at radius 2 is 1.86 bits per heavy atom. The van der Waals surface area contributed by atoms with E-state index in [1.807, 2.05) is 38.1 Å². The number of carbonyl (C=O) groups excluding carboxylic acids is 3. The van der Waals surface area contributed by atoms with Crippen molar-refractivity contribution >= 4 is 29.2 Å². The van der Waals surface area contributed by atoms with E-state index in [2.05, 4.69) is 5.32 Å². The normalized spacial score (nSPS) is 17.5. The molecule has 6 heteroatoms. The number of anilines is 2. The first kappa shape index (κ1) is 19.6. The summed E-state index contributed by atoms with van der Waals surface area (Å²) in [7, 11) is 1.31. The molecule has 2 aromatic rings. The topological polar surface area (TPSA) is 75.7 Å². The molecule has 0 spiro atoms. The molecule has 0 aromatic heterocycles. The van der Waals surface area contributed by atoms with Crippen LogP contribution >= 0.6 is 0 Å². The smallest absolute Gasteiger partial charge is 0.337 e. The fourth-order valence-corrected chi connectivity index (χ4v) is 3.30. The maximum Gasteiger partial charge on any atom is 0.337 e. The summed E-state index contributed by atoms with van der Waals surface area (Å²) in [6, 6.07) is 14.3. The molecule has 3 rings (SSSR count). The number of carbonyl (C=O) groups is 3. The highest BCUT2D eigenvalue weighted by Crippen LogP contribution is 2.41. The van der Waals surface area contributed by atoms with Crippen LogP contribution in [-0.2, 0) is 14.3 Å². The summed E-state index contributed by atoms with van der Waals surface area (Å²) in [6.07, 6.45) is 0.531. The molecule has 1 fully saturated rings. The highest BCUT2D eigenvalue weighted by molar-refractivity contribution is 6.04.